The van der Waals surface area contributed by atoms with Crippen LogP contribution in [-0.2, 0) is 0 Å². The van der Waals surface area contributed by atoms with Crippen molar-refractivity contribution in [1.29, 1.82) is 0 Å². The Morgan fingerprint density at radius 3 is 2.60 bits per heavy atom. The summed E-state index contributed by atoms with van der Waals surface area (Å²) in [5.41, 5.74) is 2.88. The molecule has 2 aromatic rings. The first kappa shape index (κ1) is 17.5. The van der Waals surface area contributed by atoms with Crippen molar-refractivity contribution in [2.45, 2.75) is 19.8 Å². The summed E-state index contributed by atoms with van der Waals surface area (Å²) in [5.74, 6) is 1.46. The molecule has 0 radical (unpaired) electrons. The van der Waals surface area contributed by atoms with E-state index in [-0.39, 0.29) is 5.91 Å². The molecular formula is C21H26N2O2. The van der Waals surface area contributed by atoms with E-state index < -0.39 is 0 Å². The zero-order chi connectivity index (χ0) is 17.5. The van der Waals surface area contributed by atoms with Crippen LogP contribution in [0.25, 0.3) is 11.1 Å². The van der Waals surface area contributed by atoms with Gasteiger partial charge in [-0.05, 0) is 74.2 Å². The minimum Gasteiger partial charge on any atom is -0.494 e. The van der Waals surface area contributed by atoms with Gasteiger partial charge in [0.25, 0.3) is 5.91 Å². The highest BCUT2D eigenvalue weighted by atomic mass is 16.5. The molecule has 1 amide bonds. The van der Waals surface area contributed by atoms with Gasteiger partial charge in [-0.1, -0.05) is 24.3 Å². The number of amides is 1. The molecule has 0 saturated carbocycles. The lowest BCUT2D eigenvalue weighted by Gasteiger charge is -2.22. The standard InChI is InChI=1S/C21H26N2O2/c1-2-25-20-5-3-4-19(14-20)17-6-8-18(9-7-17)21(24)23-15-16-10-12-22-13-11-16/h3-9,14,16,22H,2,10-13,15H2,1H3,(H,23,24). The molecule has 1 fully saturated rings. The third-order valence-corrected chi connectivity index (χ3v) is 4.64. The summed E-state index contributed by atoms with van der Waals surface area (Å²) in [5, 5.41) is 6.41. The van der Waals surface area contributed by atoms with Crippen molar-refractivity contribution in [3.05, 3.63) is 54.1 Å². The normalized spacial score (nSPS) is 14.9. The topological polar surface area (TPSA) is 50.4 Å². The van der Waals surface area contributed by atoms with Gasteiger partial charge in [-0.3, -0.25) is 4.79 Å². The fourth-order valence-corrected chi connectivity index (χ4v) is 3.17. The number of carbonyl (C=O) groups excluding carboxylic acids is 1. The molecule has 0 unspecified atom stereocenters. The van der Waals surface area contributed by atoms with Crippen LogP contribution in [0.15, 0.2) is 48.5 Å². The molecule has 0 spiro atoms. The lowest BCUT2D eigenvalue weighted by Crippen LogP contribution is -2.35. The Labute approximate surface area is 149 Å². The predicted molar refractivity (Wildman–Crippen MR) is 101 cm³/mol. The molecule has 1 aliphatic rings. The second-order valence-corrected chi connectivity index (χ2v) is 6.44. The van der Waals surface area contributed by atoms with Gasteiger partial charge in [0, 0.05) is 12.1 Å². The van der Waals surface area contributed by atoms with Crippen LogP contribution in [-0.4, -0.2) is 32.1 Å². The van der Waals surface area contributed by atoms with E-state index in [1.54, 1.807) is 0 Å². The average Bonchev–Trinajstić information content (AvgIpc) is 2.67. The van der Waals surface area contributed by atoms with Crippen LogP contribution in [0.2, 0.25) is 0 Å². The number of hydrogen-bond acceptors (Lipinski definition) is 3. The number of hydrogen-bond donors (Lipinski definition) is 2. The largest absolute Gasteiger partial charge is 0.494 e. The van der Waals surface area contributed by atoms with Crippen LogP contribution in [0.4, 0.5) is 0 Å². The van der Waals surface area contributed by atoms with Crippen LogP contribution >= 0.6 is 0 Å². The highest BCUT2D eigenvalue weighted by Crippen LogP contribution is 2.24. The Bertz CT molecular complexity index is 691. The van der Waals surface area contributed by atoms with Crippen molar-refractivity contribution in [1.82, 2.24) is 10.6 Å². The van der Waals surface area contributed by atoms with Gasteiger partial charge < -0.3 is 15.4 Å². The van der Waals surface area contributed by atoms with Crippen LogP contribution in [0.1, 0.15) is 30.1 Å². The van der Waals surface area contributed by atoms with Crippen molar-refractivity contribution in [2.75, 3.05) is 26.2 Å². The third kappa shape index (κ3) is 4.83. The van der Waals surface area contributed by atoms with E-state index >= 15 is 0 Å². The molecule has 2 N–H and O–H groups in total. The number of piperidine rings is 1. The lowest BCUT2D eigenvalue weighted by atomic mass is 9.98. The zero-order valence-corrected chi connectivity index (χ0v) is 14.8. The summed E-state index contributed by atoms with van der Waals surface area (Å²) in [6, 6.07) is 15.8. The van der Waals surface area contributed by atoms with Gasteiger partial charge in [-0.2, -0.15) is 0 Å². The molecule has 0 aliphatic carbocycles. The van der Waals surface area contributed by atoms with Crippen molar-refractivity contribution in [2.24, 2.45) is 5.92 Å². The summed E-state index contributed by atoms with van der Waals surface area (Å²) in [7, 11) is 0. The molecule has 132 valence electrons. The monoisotopic (exact) mass is 338 g/mol. The van der Waals surface area contributed by atoms with E-state index in [9.17, 15) is 4.79 Å². The van der Waals surface area contributed by atoms with Gasteiger partial charge in [0.2, 0.25) is 0 Å². The highest BCUT2D eigenvalue weighted by molar-refractivity contribution is 5.94. The number of benzene rings is 2. The van der Waals surface area contributed by atoms with Crippen molar-refractivity contribution >= 4 is 5.91 Å². The van der Waals surface area contributed by atoms with Gasteiger partial charge in [0.05, 0.1) is 6.61 Å². The molecule has 4 heteroatoms. The number of ether oxygens (including phenoxy) is 1. The SMILES string of the molecule is CCOc1cccc(-c2ccc(C(=O)NCC3CCNCC3)cc2)c1. The molecule has 25 heavy (non-hydrogen) atoms. The first-order chi connectivity index (χ1) is 12.3. The summed E-state index contributed by atoms with van der Waals surface area (Å²) in [6.45, 7) is 5.49. The molecule has 4 nitrogen and oxygen atoms in total. The molecule has 0 aromatic heterocycles. The Hall–Kier alpha value is -2.33. The summed E-state index contributed by atoms with van der Waals surface area (Å²) in [6.07, 6.45) is 2.27. The van der Waals surface area contributed by atoms with Crippen LogP contribution < -0.4 is 15.4 Å². The number of carbonyl (C=O) groups is 1. The fraction of sp³-hybridized carbons (Fsp3) is 0.381. The fourth-order valence-electron chi connectivity index (χ4n) is 3.17. The first-order valence-electron chi connectivity index (χ1n) is 9.08. The van der Waals surface area contributed by atoms with Gasteiger partial charge >= 0.3 is 0 Å². The van der Waals surface area contributed by atoms with Crippen LogP contribution in [0, 0.1) is 5.92 Å². The molecule has 0 bridgehead atoms. The van der Waals surface area contributed by atoms with Crippen molar-refractivity contribution in [3.63, 3.8) is 0 Å². The second kappa shape index (κ2) is 8.67. The molecular weight excluding hydrogens is 312 g/mol. The maximum atomic E-state index is 12.3. The Balaban J connectivity index is 1.61. The Kier molecular flexibility index (Phi) is 6.07. The molecule has 1 saturated heterocycles. The zero-order valence-electron chi connectivity index (χ0n) is 14.8. The van der Waals surface area contributed by atoms with E-state index in [0.29, 0.717) is 18.1 Å². The summed E-state index contributed by atoms with van der Waals surface area (Å²) >= 11 is 0. The molecule has 1 aliphatic heterocycles. The Morgan fingerprint density at radius 2 is 1.88 bits per heavy atom. The van der Waals surface area contributed by atoms with E-state index in [2.05, 4.69) is 16.7 Å². The number of nitrogens with one attached hydrogen (secondary N) is 2. The quantitative estimate of drug-likeness (QED) is 0.848. The van der Waals surface area contributed by atoms with E-state index in [4.69, 9.17) is 4.74 Å². The Morgan fingerprint density at radius 1 is 1.12 bits per heavy atom. The van der Waals surface area contributed by atoms with Gasteiger partial charge in [-0.15, -0.1) is 0 Å². The highest BCUT2D eigenvalue weighted by Gasteiger charge is 2.14. The minimum atomic E-state index is 0.00755. The van der Waals surface area contributed by atoms with Gasteiger partial charge in [-0.25, -0.2) is 0 Å². The summed E-state index contributed by atoms with van der Waals surface area (Å²) < 4.78 is 5.55. The van der Waals surface area contributed by atoms with Crippen molar-refractivity contribution in [3.8, 4) is 16.9 Å². The summed E-state index contributed by atoms with van der Waals surface area (Å²) in [4.78, 5) is 12.3. The number of rotatable bonds is 6. The molecule has 3 rings (SSSR count). The van der Waals surface area contributed by atoms with Crippen LogP contribution in [0.5, 0.6) is 5.75 Å². The van der Waals surface area contributed by atoms with E-state index in [0.717, 1.165) is 49.4 Å². The minimum absolute atomic E-state index is 0.00755. The van der Waals surface area contributed by atoms with E-state index in [1.165, 1.54) is 0 Å². The van der Waals surface area contributed by atoms with E-state index in [1.807, 2.05) is 49.4 Å². The maximum Gasteiger partial charge on any atom is 0.251 e. The predicted octanol–water partition coefficient (Wildman–Crippen LogP) is 3.48. The smallest absolute Gasteiger partial charge is 0.251 e. The average molecular weight is 338 g/mol. The maximum absolute atomic E-state index is 12.3. The molecule has 1 heterocycles. The second-order valence-electron chi connectivity index (χ2n) is 6.44. The van der Waals surface area contributed by atoms with Crippen LogP contribution in [0.3, 0.4) is 0 Å². The van der Waals surface area contributed by atoms with Gasteiger partial charge in [0.1, 0.15) is 5.75 Å². The molecule has 0 atom stereocenters. The first-order valence-corrected chi connectivity index (χ1v) is 9.08. The van der Waals surface area contributed by atoms with Gasteiger partial charge in [0.15, 0.2) is 0 Å². The molecule has 2 aromatic carbocycles. The van der Waals surface area contributed by atoms with Crippen molar-refractivity contribution < 1.29 is 9.53 Å². The third-order valence-electron chi connectivity index (χ3n) is 4.64. The lowest BCUT2D eigenvalue weighted by molar-refractivity contribution is 0.0944.